The van der Waals surface area contributed by atoms with E-state index in [9.17, 15) is 24.5 Å². The van der Waals surface area contributed by atoms with Crippen molar-refractivity contribution in [2.24, 2.45) is 0 Å². The minimum absolute atomic E-state index is 0. The van der Waals surface area contributed by atoms with E-state index in [1.165, 1.54) is 24.3 Å². The van der Waals surface area contributed by atoms with Crippen LogP contribution in [0, 0.1) is 17.0 Å². The van der Waals surface area contributed by atoms with Crippen molar-refractivity contribution in [2.45, 2.75) is 38.6 Å². The Labute approximate surface area is 220 Å². The van der Waals surface area contributed by atoms with Crippen molar-refractivity contribution in [1.82, 2.24) is 15.6 Å². The summed E-state index contributed by atoms with van der Waals surface area (Å²) in [6, 6.07) is 8.33. The topological polar surface area (TPSA) is 164 Å². The van der Waals surface area contributed by atoms with Gasteiger partial charge in [-0.2, -0.15) is 0 Å². The van der Waals surface area contributed by atoms with Crippen LogP contribution in [-0.4, -0.2) is 45.9 Å². The number of nitrogens with zero attached hydrogens (tertiary/aromatic N) is 2. The number of unbranched alkanes of at least 4 members (excludes halogenated alkanes) is 1. The first-order valence-corrected chi connectivity index (χ1v) is 10.4. The fourth-order valence-corrected chi connectivity index (χ4v) is 3.13. The number of carbonyl (C=O) groups is 3. The Hall–Kier alpha value is -3.02. The summed E-state index contributed by atoms with van der Waals surface area (Å²) in [6.45, 7) is 2.26. The number of amides is 2. The molecule has 1 heterocycles. The zero-order chi connectivity index (χ0) is 24.2. The molecular weight excluding hydrogens is 453 g/mol. The van der Waals surface area contributed by atoms with Crippen LogP contribution in [0.1, 0.15) is 44.3 Å². The van der Waals surface area contributed by atoms with Crippen LogP contribution in [0.15, 0.2) is 42.6 Å². The number of carboxylic acid groups (broad SMARTS) is 1. The fourth-order valence-electron chi connectivity index (χ4n) is 3.13. The average Bonchev–Trinajstić information content (AvgIpc) is 2.76. The molecule has 1 aromatic heterocycles. The first-order chi connectivity index (χ1) is 15.8. The van der Waals surface area contributed by atoms with E-state index in [2.05, 4.69) is 20.9 Å². The third-order valence-corrected chi connectivity index (χ3v) is 4.72. The minimum atomic E-state index is -1.23. The minimum Gasteiger partial charge on any atom is -1.00 e. The molecule has 11 nitrogen and oxygen atoms in total. The van der Waals surface area contributed by atoms with Gasteiger partial charge in [0.05, 0.1) is 29.5 Å². The molecule has 2 rings (SSSR count). The van der Waals surface area contributed by atoms with Gasteiger partial charge in [0.1, 0.15) is 5.82 Å². The number of benzene rings is 1. The maximum Gasteiger partial charge on any atom is 1.00 e. The van der Waals surface area contributed by atoms with E-state index in [1.54, 1.807) is 6.20 Å². The molecule has 0 bridgehead atoms. The number of aliphatic carboxylic acids is 1. The molecule has 12 heteroatoms. The number of anilines is 1. The number of aromatic nitrogens is 1. The van der Waals surface area contributed by atoms with Gasteiger partial charge in [-0.3, -0.25) is 24.5 Å². The summed E-state index contributed by atoms with van der Waals surface area (Å²) < 4.78 is 0. The predicted molar refractivity (Wildman–Crippen MR) is 122 cm³/mol. The predicted octanol–water partition coefficient (Wildman–Crippen LogP) is -0.555. The second-order valence-electron chi connectivity index (χ2n) is 7.41. The molecule has 0 fully saturated rings. The molecule has 178 valence electrons. The normalized spacial score (nSPS) is 11.0. The molecule has 2 amide bonds. The summed E-state index contributed by atoms with van der Waals surface area (Å²) in [6.07, 6.45) is 2.73. The molecule has 0 aliphatic carbocycles. The van der Waals surface area contributed by atoms with Crippen LogP contribution < -0.4 is 45.5 Å². The third-order valence-electron chi connectivity index (χ3n) is 4.72. The van der Waals surface area contributed by atoms with Crippen molar-refractivity contribution in [1.29, 1.82) is 0 Å². The second-order valence-corrected chi connectivity index (χ2v) is 7.41. The fraction of sp³-hybridized carbons (Fsp3) is 0.364. The molecule has 0 aliphatic heterocycles. The summed E-state index contributed by atoms with van der Waals surface area (Å²) in [5.74, 6) is -1.41. The van der Waals surface area contributed by atoms with Gasteiger partial charge < -0.3 is 22.5 Å². The molecule has 0 saturated carbocycles. The van der Waals surface area contributed by atoms with Crippen molar-refractivity contribution in [3.63, 3.8) is 0 Å². The largest absolute Gasteiger partial charge is 1.00 e. The number of nitro groups is 1. The molecule has 1 aromatic carbocycles. The Bertz CT molecular complexity index is 1010. The molecule has 2 aromatic rings. The number of pyridine rings is 1. The number of para-hydroxylation sites is 1. The summed E-state index contributed by atoms with van der Waals surface area (Å²) in [7, 11) is 0. The Morgan fingerprint density at radius 1 is 1.18 bits per heavy atom. The van der Waals surface area contributed by atoms with Gasteiger partial charge in [-0.25, -0.2) is 4.98 Å². The van der Waals surface area contributed by atoms with Crippen molar-refractivity contribution in [3.05, 3.63) is 63.8 Å². The molecule has 34 heavy (non-hydrogen) atoms. The van der Waals surface area contributed by atoms with E-state index in [1.807, 2.05) is 19.1 Å². The zero-order valence-corrected chi connectivity index (χ0v) is 21.2. The monoisotopic (exact) mass is 481 g/mol. The number of aryl methyl sites for hydroxylation is 1. The molecular formula is C22H28N5NaO6. The van der Waals surface area contributed by atoms with Crippen molar-refractivity contribution in [3.8, 4) is 0 Å². The number of nitro benzene ring substituents is 1. The van der Waals surface area contributed by atoms with Crippen LogP contribution in [0.2, 0.25) is 0 Å². The van der Waals surface area contributed by atoms with E-state index in [4.69, 9.17) is 5.11 Å². The maximum absolute atomic E-state index is 12.2. The molecule has 0 aliphatic rings. The van der Waals surface area contributed by atoms with E-state index >= 15 is 0 Å². The van der Waals surface area contributed by atoms with Crippen LogP contribution in [0.5, 0.6) is 0 Å². The van der Waals surface area contributed by atoms with Gasteiger partial charge in [0.2, 0.25) is 11.8 Å². The van der Waals surface area contributed by atoms with E-state index in [0.29, 0.717) is 13.0 Å². The molecule has 0 saturated heterocycles. The van der Waals surface area contributed by atoms with Gasteiger partial charge in [0, 0.05) is 25.2 Å². The standard InChI is InChI=1S/C22H27N5O6.Na.H/c1-15-9-11-24-19(12-15)23-10-5-4-8-20(28)25-14-21(29)26-17(13-22(30)31)16-6-2-3-7-18(16)27(32)33;;/h2-3,6-7,9,11-12,17H,4-5,8,10,13-14H2,1H3,(H,23,24)(H,25,28)(H,26,29)(H,30,31);;/q;+1;-1. The number of rotatable bonds is 13. The van der Waals surface area contributed by atoms with Gasteiger partial charge in [0.15, 0.2) is 0 Å². The van der Waals surface area contributed by atoms with Gasteiger partial charge >= 0.3 is 35.5 Å². The summed E-state index contributed by atoms with van der Waals surface area (Å²) in [4.78, 5) is 50.2. The zero-order valence-electron chi connectivity index (χ0n) is 20.2. The van der Waals surface area contributed by atoms with Gasteiger partial charge in [-0.05, 0) is 37.5 Å². The van der Waals surface area contributed by atoms with Crippen LogP contribution in [-0.2, 0) is 14.4 Å². The quantitative estimate of drug-likeness (QED) is 0.128. The Morgan fingerprint density at radius 2 is 1.91 bits per heavy atom. The number of carbonyl (C=O) groups excluding carboxylic acids is 2. The molecule has 1 atom stereocenters. The van der Waals surface area contributed by atoms with Crippen molar-refractivity contribution < 1.29 is 55.4 Å². The van der Waals surface area contributed by atoms with E-state index < -0.39 is 29.3 Å². The van der Waals surface area contributed by atoms with Gasteiger partial charge in [-0.1, -0.05) is 18.2 Å². The average molecular weight is 481 g/mol. The molecule has 0 radical (unpaired) electrons. The maximum atomic E-state index is 12.2. The number of nitrogens with one attached hydrogen (secondary N) is 3. The smallest absolute Gasteiger partial charge is 1.00 e. The third kappa shape index (κ3) is 10.3. The molecule has 0 spiro atoms. The number of hydrogen-bond acceptors (Lipinski definition) is 7. The van der Waals surface area contributed by atoms with Crippen molar-refractivity contribution >= 4 is 29.3 Å². The Morgan fingerprint density at radius 3 is 2.59 bits per heavy atom. The Balaban J connectivity index is 0.00000578. The van der Waals surface area contributed by atoms with Gasteiger partial charge in [-0.15, -0.1) is 0 Å². The molecule has 4 N–H and O–H groups in total. The van der Waals surface area contributed by atoms with Crippen LogP contribution in [0.4, 0.5) is 11.5 Å². The Kier molecular flexibility index (Phi) is 12.8. The second kappa shape index (κ2) is 15.0. The van der Waals surface area contributed by atoms with Crippen LogP contribution >= 0.6 is 0 Å². The number of carboxylic acids is 1. The van der Waals surface area contributed by atoms with Crippen LogP contribution in [0.3, 0.4) is 0 Å². The SMILES string of the molecule is Cc1ccnc(NCCCCC(=O)NCC(=O)NC(CC(=O)O)c2ccccc2[N+](=O)[O-])c1.[H-].[Na+]. The summed E-state index contributed by atoms with van der Waals surface area (Å²) in [5.41, 5.74) is 0.889. The van der Waals surface area contributed by atoms with Crippen LogP contribution in [0.25, 0.3) is 0 Å². The molecule has 1 unspecified atom stereocenters. The summed E-state index contributed by atoms with van der Waals surface area (Å²) in [5, 5.41) is 28.5. The number of hydrogen-bond donors (Lipinski definition) is 4. The first-order valence-electron chi connectivity index (χ1n) is 10.4. The summed E-state index contributed by atoms with van der Waals surface area (Å²) >= 11 is 0. The first kappa shape index (κ1) is 29.0. The van der Waals surface area contributed by atoms with Gasteiger partial charge in [0.25, 0.3) is 5.69 Å². The van der Waals surface area contributed by atoms with E-state index in [0.717, 1.165) is 17.8 Å². The van der Waals surface area contributed by atoms with E-state index in [-0.39, 0.29) is 61.1 Å². The van der Waals surface area contributed by atoms with Crippen molar-refractivity contribution in [2.75, 3.05) is 18.4 Å².